The van der Waals surface area contributed by atoms with E-state index in [1.165, 1.54) is 4.90 Å². The minimum absolute atomic E-state index is 0.404. The van der Waals surface area contributed by atoms with Gasteiger partial charge in [-0.1, -0.05) is 0 Å². The molecule has 1 saturated heterocycles. The van der Waals surface area contributed by atoms with Crippen molar-refractivity contribution in [2.24, 2.45) is 0 Å². The van der Waals surface area contributed by atoms with E-state index < -0.39 is 18.8 Å². The van der Waals surface area contributed by atoms with Gasteiger partial charge in [-0.05, 0) is 26.9 Å². The largest absolute Gasteiger partial charge is 0.405 e. The zero-order chi connectivity index (χ0) is 13.1. The van der Waals surface area contributed by atoms with Crippen LogP contribution in [0.1, 0.15) is 12.8 Å². The highest BCUT2D eigenvalue weighted by Crippen LogP contribution is 2.15. The molecule has 1 aliphatic rings. The highest BCUT2D eigenvalue weighted by Gasteiger charge is 2.30. The standard InChI is InChI=1S/C10H18F3N3O/c1-15(2)8-3-5-16(6-4-8)9(17)14-7-10(11,12)13/h8H,3-7H2,1-2H3,(H,14,17). The smallest absolute Gasteiger partial charge is 0.329 e. The van der Waals surface area contributed by atoms with Crippen molar-refractivity contribution < 1.29 is 18.0 Å². The van der Waals surface area contributed by atoms with E-state index in [4.69, 9.17) is 0 Å². The minimum Gasteiger partial charge on any atom is -0.329 e. The summed E-state index contributed by atoms with van der Waals surface area (Å²) in [5.74, 6) is 0. The summed E-state index contributed by atoms with van der Waals surface area (Å²) in [5, 5.41) is 1.88. The number of piperidine rings is 1. The molecule has 0 bridgehead atoms. The molecule has 0 spiro atoms. The summed E-state index contributed by atoms with van der Waals surface area (Å²) in [4.78, 5) is 14.9. The van der Waals surface area contributed by atoms with E-state index in [0.717, 1.165) is 12.8 Å². The molecule has 100 valence electrons. The van der Waals surface area contributed by atoms with Gasteiger partial charge in [0.25, 0.3) is 0 Å². The number of rotatable bonds is 2. The Morgan fingerprint density at radius 2 is 1.88 bits per heavy atom. The quantitative estimate of drug-likeness (QED) is 0.804. The average molecular weight is 253 g/mol. The van der Waals surface area contributed by atoms with Gasteiger partial charge in [-0.3, -0.25) is 0 Å². The Kier molecular flexibility index (Phi) is 4.62. The van der Waals surface area contributed by atoms with Crippen LogP contribution in [0, 0.1) is 0 Å². The van der Waals surface area contributed by atoms with Gasteiger partial charge < -0.3 is 15.1 Å². The summed E-state index contributed by atoms with van der Waals surface area (Å²) in [6.07, 6.45) is -2.75. The normalized spacial score (nSPS) is 18.6. The van der Waals surface area contributed by atoms with Crippen molar-refractivity contribution in [3.63, 3.8) is 0 Å². The molecule has 0 radical (unpaired) electrons. The maximum absolute atomic E-state index is 11.9. The van der Waals surface area contributed by atoms with E-state index in [1.54, 1.807) is 0 Å². The van der Waals surface area contributed by atoms with Crippen LogP contribution in [0.5, 0.6) is 0 Å². The molecule has 0 aliphatic carbocycles. The molecule has 0 saturated carbocycles. The summed E-state index contributed by atoms with van der Waals surface area (Å²) in [7, 11) is 3.92. The van der Waals surface area contributed by atoms with Crippen molar-refractivity contribution in [2.75, 3.05) is 33.7 Å². The lowest BCUT2D eigenvalue weighted by Crippen LogP contribution is -2.49. The van der Waals surface area contributed by atoms with Crippen molar-refractivity contribution >= 4 is 6.03 Å². The fourth-order valence-electron chi connectivity index (χ4n) is 1.87. The Labute approximate surface area is 98.7 Å². The Morgan fingerprint density at radius 1 is 1.35 bits per heavy atom. The van der Waals surface area contributed by atoms with Crippen molar-refractivity contribution in [2.45, 2.75) is 25.1 Å². The molecule has 1 heterocycles. The zero-order valence-corrected chi connectivity index (χ0v) is 10.0. The fourth-order valence-corrected chi connectivity index (χ4v) is 1.87. The van der Waals surface area contributed by atoms with Crippen LogP contribution in [0.25, 0.3) is 0 Å². The van der Waals surface area contributed by atoms with Gasteiger partial charge in [0.2, 0.25) is 0 Å². The number of hydrogen-bond donors (Lipinski definition) is 1. The van der Waals surface area contributed by atoms with E-state index in [0.29, 0.717) is 19.1 Å². The predicted octanol–water partition coefficient (Wildman–Crippen LogP) is 1.28. The van der Waals surface area contributed by atoms with E-state index >= 15 is 0 Å². The number of halogens is 3. The molecule has 0 atom stereocenters. The van der Waals surface area contributed by atoms with Gasteiger partial charge in [0.1, 0.15) is 6.54 Å². The molecular weight excluding hydrogens is 235 g/mol. The highest BCUT2D eigenvalue weighted by atomic mass is 19.4. The summed E-state index contributed by atoms with van der Waals surface area (Å²) < 4.78 is 35.7. The molecule has 1 rings (SSSR count). The number of nitrogens with one attached hydrogen (secondary N) is 1. The van der Waals surface area contributed by atoms with Gasteiger partial charge in [-0.25, -0.2) is 4.79 Å². The molecule has 7 heteroatoms. The van der Waals surface area contributed by atoms with E-state index in [2.05, 4.69) is 4.90 Å². The van der Waals surface area contributed by atoms with Gasteiger partial charge in [-0.2, -0.15) is 13.2 Å². The van der Waals surface area contributed by atoms with Crippen molar-refractivity contribution in [1.82, 2.24) is 15.1 Å². The fraction of sp³-hybridized carbons (Fsp3) is 0.900. The third-order valence-corrected chi connectivity index (χ3v) is 2.92. The number of urea groups is 1. The number of carbonyl (C=O) groups is 1. The predicted molar refractivity (Wildman–Crippen MR) is 57.7 cm³/mol. The second kappa shape index (κ2) is 5.57. The number of hydrogen-bond acceptors (Lipinski definition) is 2. The van der Waals surface area contributed by atoms with Crippen molar-refractivity contribution in [3.8, 4) is 0 Å². The molecule has 0 aromatic heterocycles. The van der Waals surface area contributed by atoms with Gasteiger partial charge in [-0.15, -0.1) is 0 Å². The maximum atomic E-state index is 11.9. The first kappa shape index (κ1) is 14.1. The Hall–Kier alpha value is -0.980. The van der Waals surface area contributed by atoms with Gasteiger partial charge in [0.05, 0.1) is 0 Å². The molecular formula is C10H18F3N3O. The third-order valence-electron chi connectivity index (χ3n) is 2.92. The number of nitrogens with zero attached hydrogens (tertiary/aromatic N) is 2. The molecule has 1 aliphatic heterocycles. The summed E-state index contributed by atoms with van der Waals surface area (Å²) in [6, 6.07) is -0.221. The second-order valence-electron chi connectivity index (χ2n) is 4.46. The van der Waals surface area contributed by atoms with Crippen LogP contribution in [-0.4, -0.2) is 61.8 Å². The van der Waals surface area contributed by atoms with E-state index in [-0.39, 0.29) is 0 Å². The van der Waals surface area contributed by atoms with Crippen LogP contribution in [0.4, 0.5) is 18.0 Å². The highest BCUT2D eigenvalue weighted by molar-refractivity contribution is 5.74. The SMILES string of the molecule is CN(C)C1CCN(C(=O)NCC(F)(F)F)CC1. The Balaban J connectivity index is 2.31. The molecule has 1 fully saturated rings. The first-order chi connectivity index (χ1) is 7.79. The Morgan fingerprint density at radius 3 is 2.29 bits per heavy atom. The van der Waals surface area contributed by atoms with E-state index in [1.807, 2.05) is 19.4 Å². The average Bonchev–Trinajstić information content (AvgIpc) is 2.25. The van der Waals surface area contributed by atoms with Crippen LogP contribution in [0.15, 0.2) is 0 Å². The molecule has 0 unspecified atom stereocenters. The topological polar surface area (TPSA) is 35.6 Å². The number of likely N-dealkylation sites (tertiary alicyclic amines) is 1. The van der Waals surface area contributed by atoms with Gasteiger partial charge in [0.15, 0.2) is 0 Å². The lowest BCUT2D eigenvalue weighted by molar-refractivity contribution is -0.123. The van der Waals surface area contributed by atoms with E-state index in [9.17, 15) is 18.0 Å². The number of alkyl halides is 3. The molecule has 2 amide bonds. The molecule has 0 aromatic carbocycles. The zero-order valence-electron chi connectivity index (χ0n) is 10.0. The van der Waals surface area contributed by atoms with Crippen LogP contribution in [0.2, 0.25) is 0 Å². The lowest BCUT2D eigenvalue weighted by atomic mass is 10.0. The molecule has 1 N–H and O–H groups in total. The maximum Gasteiger partial charge on any atom is 0.405 e. The first-order valence-corrected chi connectivity index (χ1v) is 5.55. The molecule has 4 nitrogen and oxygen atoms in total. The minimum atomic E-state index is -4.35. The number of carbonyl (C=O) groups excluding carboxylic acids is 1. The van der Waals surface area contributed by atoms with Crippen LogP contribution < -0.4 is 5.32 Å². The summed E-state index contributed by atoms with van der Waals surface area (Å²) in [5.41, 5.74) is 0. The van der Waals surface area contributed by atoms with Crippen LogP contribution in [-0.2, 0) is 0 Å². The van der Waals surface area contributed by atoms with Crippen LogP contribution in [0.3, 0.4) is 0 Å². The molecule has 17 heavy (non-hydrogen) atoms. The molecule has 0 aromatic rings. The summed E-state index contributed by atoms with van der Waals surface area (Å²) >= 11 is 0. The number of amides is 2. The first-order valence-electron chi connectivity index (χ1n) is 5.55. The third kappa shape index (κ3) is 4.80. The summed E-state index contributed by atoms with van der Waals surface area (Å²) in [6.45, 7) is -0.251. The van der Waals surface area contributed by atoms with Crippen molar-refractivity contribution in [3.05, 3.63) is 0 Å². The second-order valence-corrected chi connectivity index (χ2v) is 4.46. The van der Waals surface area contributed by atoms with Crippen molar-refractivity contribution in [1.29, 1.82) is 0 Å². The van der Waals surface area contributed by atoms with Gasteiger partial charge >= 0.3 is 12.2 Å². The van der Waals surface area contributed by atoms with Gasteiger partial charge in [0, 0.05) is 19.1 Å². The lowest BCUT2D eigenvalue weighted by Gasteiger charge is -2.35. The van der Waals surface area contributed by atoms with Crippen LogP contribution >= 0.6 is 0 Å². The monoisotopic (exact) mass is 253 g/mol. The Bertz CT molecular complexity index is 260.